The molecular formula is C20H19N3O3. The molecular weight excluding hydrogens is 330 g/mol. The summed E-state index contributed by atoms with van der Waals surface area (Å²) in [6.07, 6.45) is 3.67. The van der Waals surface area contributed by atoms with Crippen LogP contribution in [0.25, 0.3) is 12.2 Å². The number of anilines is 1. The first-order valence-electron chi connectivity index (χ1n) is 8.17. The van der Waals surface area contributed by atoms with Crippen LogP contribution < -0.4 is 5.73 Å². The van der Waals surface area contributed by atoms with Gasteiger partial charge in [0, 0.05) is 42.1 Å². The second kappa shape index (κ2) is 7.33. The normalized spacial score (nSPS) is 18.4. The lowest BCUT2D eigenvalue weighted by Gasteiger charge is -2.26. The first-order chi connectivity index (χ1) is 12.4. The number of carbonyl (C=O) groups is 1. The molecule has 6 heteroatoms. The number of nitro groups is 1. The SMILES string of the molecule is CN1C/C(=C\c2ccc(N)cc2)C(=O)/C(=C/c2ccc([N+](=O)[O-])cc2)C1. The molecule has 0 amide bonds. The Labute approximate surface area is 151 Å². The molecule has 3 rings (SSSR count). The molecule has 0 saturated carbocycles. The summed E-state index contributed by atoms with van der Waals surface area (Å²) in [5, 5.41) is 10.7. The minimum Gasteiger partial charge on any atom is -0.399 e. The molecule has 0 atom stereocenters. The Morgan fingerprint density at radius 3 is 1.88 bits per heavy atom. The van der Waals surface area contributed by atoms with Gasteiger partial charge in [-0.3, -0.25) is 19.8 Å². The van der Waals surface area contributed by atoms with Crippen LogP contribution in [-0.4, -0.2) is 35.7 Å². The number of non-ortho nitro benzene ring substituents is 1. The summed E-state index contributed by atoms with van der Waals surface area (Å²) >= 11 is 0. The number of piperidine rings is 1. The highest BCUT2D eigenvalue weighted by Crippen LogP contribution is 2.22. The van der Waals surface area contributed by atoms with Crippen LogP contribution in [0, 0.1) is 10.1 Å². The molecule has 1 heterocycles. The number of likely N-dealkylation sites (N-methyl/N-ethyl adjacent to an activating group) is 1. The van der Waals surface area contributed by atoms with E-state index in [0.29, 0.717) is 29.9 Å². The van der Waals surface area contributed by atoms with E-state index < -0.39 is 4.92 Å². The van der Waals surface area contributed by atoms with Gasteiger partial charge in [0.25, 0.3) is 5.69 Å². The lowest BCUT2D eigenvalue weighted by molar-refractivity contribution is -0.384. The van der Waals surface area contributed by atoms with E-state index in [1.54, 1.807) is 30.3 Å². The van der Waals surface area contributed by atoms with Crippen molar-refractivity contribution in [1.82, 2.24) is 4.90 Å². The van der Waals surface area contributed by atoms with Gasteiger partial charge in [-0.25, -0.2) is 0 Å². The van der Waals surface area contributed by atoms with Crippen molar-refractivity contribution in [2.75, 3.05) is 25.9 Å². The number of nitrogens with two attached hydrogens (primary N) is 1. The number of nitrogen functional groups attached to an aromatic ring is 1. The first-order valence-corrected chi connectivity index (χ1v) is 8.17. The molecule has 6 nitrogen and oxygen atoms in total. The molecule has 2 aromatic carbocycles. The fourth-order valence-electron chi connectivity index (χ4n) is 2.90. The lowest BCUT2D eigenvalue weighted by atomic mass is 9.94. The molecule has 2 aromatic rings. The van der Waals surface area contributed by atoms with Crippen molar-refractivity contribution in [3.05, 3.63) is 80.9 Å². The molecule has 2 N–H and O–H groups in total. The molecule has 0 unspecified atom stereocenters. The van der Waals surface area contributed by atoms with Gasteiger partial charge >= 0.3 is 0 Å². The highest BCUT2D eigenvalue weighted by Gasteiger charge is 2.23. The van der Waals surface area contributed by atoms with E-state index in [1.807, 2.05) is 25.3 Å². The maximum absolute atomic E-state index is 12.8. The van der Waals surface area contributed by atoms with E-state index in [-0.39, 0.29) is 11.5 Å². The van der Waals surface area contributed by atoms with E-state index in [0.717, 1.165) is 11.1 Å². The molecule has 0 aromatic heterocycles. The molecule has 0 bridgehead atoms. The predicted molar refractivity (Wildman–Crippen MR) is 102 cm³/mol. The molecule has 1 saturated heterocycles. The number of hydrogen-bond acceptors (Lipinski definition) is 5. The number of hydrogen-bond donors (Lipinski definition) is 1. The number of nitrogens with zero attached hydrogens (tertiary/aromatic N) is 2. The number of ketones is 1. The van der Waals surface area contributed by atoms with Crippen LogP contribution in [0.4, 0.5) is 11.4 Å². The summed E-state index contributed by atoms with van der Waals surface area (Å²) in [4.78, 5) is 25.2. The Balaban J connectivity index is 1.88. The number of likely N-dealkylation sites (tertiary alicyclic amines) is 1. The third-order valence-corrected chi connectivity index (χ3v) is 4.19. The van der Waals surface area contributed by atoms with Gasteiger partial charge in [0.15, 0.2) is 5.78 Å². The Bertz CT molecular complexity index is 897. The molecule has 1 aliphatic rings. The van der Waals surface area contributed by atoms with Crippen molar-refractivity contribution in [3.63, 3.8) is 0 Å². The van der Waals surface area contributed by atoms with Gasteiger partial charge in [0.2, 0.25) is 0 Å². The molecule has 1 aliphatic heterocycles. The molecule has 0 radical (unpaired) electrons. The minimum atomic E-state index is -0.441. The van der Waals surface area contributed by atoms with Crippen LogP contribution in [0.15, 0.2) is 59.7 Å². The fraction of sp³-hybridized carbons (Fsp3) is 0.150. The molecule has 132 valence electrons. The van der Waals surface area contributed by atoms with Gasteiger partial charge in [0.1, 0.15) is 0 Å². The van der Waals surface area contributed by atoms with Crippen LogP contribution >= 0.6 is 0 Å². The topological polar surface area (TPSA) is 89.5 Å². The fourth-order valence-corrected chi connectivity index (χ4v) is 2.90. The lowest BCUT2D eigenvalue weighted by Crippen LogP contribution is -2.34. The van der Waals surface area contributed by atoms with Crippen LogP contribution in [0.3, 0.4) is 0 Å². The second-order valence-electron chi connectivity index (χ2n) is 6.36. The molecule has 26 heavy (non-hydrogen) atoms. The Morgan fingerprint density at radius 1 is 0.962 bits per heavy atom. The van der Waals surface area contributed by atoms with Crippen molar-refractivity contribution >= 4 is 29.3 Å². The summed E-state index contributed by atoms with van der Waals surface area (Å²) in [7, 11) is 1.95. The number of benzene rings is 2. The average molecular weight is 349 g/mol. The van der Waals surface area contributed by atoms with E-state index >= 15 is 0 Å². The van der Waals surface area contributed by atoms with Crippen LogP contribution in [0.5, 0.6) is 0 Å². The van der Waals surface area contributed by atoms with Crippen LogP contribution in [0.1, 0.15) is 11.1 Å². The third kappa shape index (κ3) is 4.04. The van der Waals surface area contributed by atoms with Gasteiger partial charge in [-0.2, -0.15) is 0 Å². The van der Waals surface area contributed by atoms with Gasteiger partial charge in [-0.1, -0.05) is 12.1 Å². The zero-order valence-electron chi connectivity index (χ0n) is 14.4. The molecule has 0 spiro atoms. The third-order valence-electron chi connectivity index (χ3n) is 4.19. The summed E-state index contributed by atoms with van der Waals surface area (Å²) in [5.74, 6) is -0.00159. The van der Waals surface area contributed by atoms with Gasteiger partial charge in [-0.15, -0.1) is 0 Å². The highest BCUT2D eigenvalue weighted by molar-refractivity contribution is 6.14. The molecule has 1 fully saturated rings. The quantitative estimate of drug-likeness (QED) is 0.398. The standard InChI is InChI=1S/C20H19N3O3/c1-22-12-16(10-14-2-6-18(21)7-3-14)20(24)17(13-22)11-15-4-8-19(9-5-15)23(25)26/h2-11H,12-13,21H2,1H3/b16-10+,17-11+. The van der Waals surface area contributed by atoms with E-state index in [1.165, 1.54) is 12.1 Å². The molecule has 0 aliphatic carbocycles. The zero-order chi connectivity index (χ0) is 18.7. The minimum absolute atomic E-state index is 0.00159. The predicted octanol–water partition coefficient (Wildman–Crippen LogP) is 3.16. The second-order valence-corrected chi connectivity index (χ2v) is 6.36. The number of carbonyl (C=O) groups excluding carboxylic acids is 1. The largest absolute Gasteiger partial charge is 0.399 e. The van der Waals surface area contributed by atoms with Crippen molar-refractivity contribution < 1.29 is 9.72 Å². The summed E-state index contributed by atoms with van der Waals surface area (Å²) in [6.45, 7) is 1.11. The first kappa shape index (κ1) is 17.6. The summed E-state index contributed by atoms with van der Waals surface area (Å²) in [5.41, 5.74) is 9.46. The van der Waals surface area contributed by atoms with Gasteiger partial charge in [0.05, 0.1) is 4.92 Å². The maximum Gasteiger partial charge on any atom is 0.269 e. The van der Waals surface area contributed by atoms with E-state index in [4.69, 9.17) is 5.73 Å². The van der Waals surface area contributed by atoms with Crippen LogP contribution in [-0.2, 0) is 4.79 Å². The highest BCUT2D eigenvalue weighted by atomic mass is 16.6. The van der Waals surface area contributed by atoms with E-state index in [2.05, 4.69) is 4.90 Å². The summed E-state index contributed by atoms with van der Waals surface area (Å²) < 4.78 is 0. The number of rotatable bonds is 3. The van der Waals surface area contributed by atoms with Crippen molar-refractivity contribution in [1.29, 1.82) is 0 Å². The van der Waals surface area contributed by atoms with Gasteiger partial charge in [-0.05, 0) is 54.6 Å². The maximum atomic E-state index is 12.8. The number of Topliss-reactive ketones (excluding diaryl/α,β-unsaturated/α-hetero) is 1. The van der Waals surface area contributed by atoms with Crippen molar-refractivity contribution in [3.8, 4) is 0 Å². The van der Waals surface area contributed by atoms with Crippen LogP contribution in [0.2, 0.25) is 0 Å². The average Bonchev–Trinajstić information content (AvgIpc) is 2.61. The van der Waals surface area contributed by atoms with Crippen molar-refractivity contribution in [2.45, 2.75) is 0 Å². The number of nitro benzene ring substituents is 1. The zero-order valence-corrected chi connectivity index (χ0v) is 14.4. The smallest absolute Gasteiger partial charge is 0.269 e. The van der Waals surface area contributed by atoms with E-state index in [9.17, 15) is 14.9 Å². The Morgan fingerprint density at radius 2 is 1.42 bits per heavy atom. The Kier molecular flexibility index (Phi) is 4.95. The van der Waals surface area contributed by atoms with Gasteiger partial charge < -0.3 is 5.73 Å². The summed E-state index contributed by atoms with van der Waals surface area (Å²) in [6, 6.07) is 13.5. The monoisotopic (exact) mass is 349 g/mol. The Hall–Kier alpha value is -3.25. The van der Waals surface area contributed by atoms with Crippen molar-refractivity contribution in [2.24, 2.45) is 0 Å².